The Bertz CT molecular complexity index is 391. The molecule has 0 bridgehead atoms. The van der Waals surface area contributed by atoms with E-state index in [1.165, 1.54) is 0 Å². The van der Waals surface area contributed by atoms with Gasteiger partial charge in [0.2, 0.25) is 5.91 Å². The quantitative estimate of drug-likeness (QED) is 0.718. The molecule has 98 valence electrons. The van der Waals surface area contributed by atoms with Crippen molar-refractivity contribution in [3.05, 3.63) is 35.9 Å². The van der Waals surface area contributed by atoms with E-state index in [0.29, 0.717) is 13.0 Å². The monoisotopic (exact) mass is 251 g/mol. The molecule has 2 N–H and O–H groups in total. The van der Waals surface area contributed by atoms with Gasteiger partial charge in [0, 0.05) is 0 Å². The van der Waals surface area contributed by atoms with Crippen LogP contribution in [0.5, 0.6) is 0 Å². The van der Waals surface area contributed by atoms with Crippen molar-refractivity contribution < 1.29 is 19.5 Å². The largest absolute Gasteiger partial charge is 0.481 e. The second-order valence-corrected chi connectivity index (χ2v) is 3.88. The lowest BCUT2D eigenvalue weighted by Gasteiger charge is -2.14. The highest BCUT2D eigenvalue weighted by molar-refractivity contribution is 5.82. The van der Waals surface area contributed by atoms with E-state index < -0.39 is 17.8 Å². The molecule has 0 radical (unpaired) electrons. The standard InChI is InChI=1S/C13H17NO4/c1-2-18-14-13(17)11(9-12(15)16)8-10-6-4-3-5-7-10/h3-7,11H,2,8-9H2,1H3,(H,14,17)(H,15,16). The Morgan fingerprint density at radius 2 is 2.00 bits per heavy atom. The third-order valence-corrected chi connectivity index (χ3v) is 2.43. The Kier molecular flexibility index (Phi) is 5.87. The van der Waals surface area contributed by atoms with Gasteiger partial charge >= 0.3 is 5.97 Å². The van der Waals surface area contributed by atoms with E-state index in [1.807, 2.05) is 30.3 Å². The van der Waals surface area contributed by atoms with Crippen LogP contribution in [0.3, 0.4) is 0 Å². The van der Waals surface area contributed by atoms with Crippen LogP contribution in [0.25, 0.3) is 0 Å². The van der Waals surface area contributed by atoms with Crippen molar-refractivity contribution >= 4 is 11.9 Å². The van der Waals surface area contributed by atoms with Gasteiger partial charge in [-0.3, -0.25) is 14.4 Å². The van der Waals surface area contributed by atoms with Gasteiger partial charge in [-0.25, -0.2) is 5.48 Å². The molecule has 5 heteroatoms. The molecule has 0 aliphatic rings. The van der Waals surface area contributed by atoms with Gasteiger partial charge in [0.15, 0.2) is 0 Å². The molecular weight excluding hydrogens is 234 g/mol. The maximum absolute atomic E-state index is 11.7. The SMILES string of the molecule is CCONC(=O)C(CC(=O)O)Cc1ccccc1. The molecule has 0 spiro atoms. The summed E-state index contributed by atoms with van der Waals surface area (Å²) in [5.74, 6) is -2.03. The minimum Gasteiger partial charge on any atom is -0.481 e. The summed E-state index contributed by atoms with van der Waals surface area (Å²) < 4.78 is 0. The van der Waals surface area contributed by atoms with Crippen LogP contribution in [-0.4, -0.2) is 23.6 Å². The average molecular weight is 251 g/mol. The fraction of sp³-hybridized carbons (Fsp3) is 0.385. The van der Waals surface area contributed by atoms with Gasteiger partial charge in [-0.2, -0.15) is 0 Å². The summed E-state index contributed by atoms with van der Waals surface area (Å²) >= 11 is 0. The van der Waals surface area contributed by atoms with Gasteiger partial charge in [-0.1, -0.05) is 30.3 Å². The summed E-state index contributed by atoms with van der Waals surface area (Å²) in [7, 11) is 0. The number of aliphatic carboxylic acids is 1. The van der Waals surface area contributed by atoms with Crippen molar-refractivity contribution in [1.29, 1.82) is 0 Å². The van der Waals surface area contributed by atoms with Crippen LogP contribution < -0.4 is 5.48 Å². The molecule has 0 aromatic heterocycles. The predicted molar refractivity (Wildman–Crippen MR) is 65.7 cm³/mol. The molecule has 0 aliphatic heterocycles. The highest BCUT2D eigenvalue weighted by Gasteiger charge is 2.22. The number of carbonyl (C=O) groups is 2. The second-order valence-electron chi connectivity index (χ2n) is 3.88. The molecule has 1 aromatic rings. The molecule has 0 aliphatic carbocycles. The van der Waals surface area contributed by atoms with Gasteiger partial charge in [0.25, 0.3) is 0 Å². The normalized spacial score (nSPS) is 11.8. The number of hydroxylamine groups is 1. The summed E-state index contributed by atoms with van der Waals surface area (Å²) in [5.41, 5.74) is 3.18. The molecule has 1 amide bonds. The first-order valence-corrected chi connectivity index (χ1v) is 5.80. The summed E-state index contributed by atoms with van der Waals surface area (Å²) in [4.78, 5) is 27.3. The first kappa shape index (κ1) is 14.2. The summed E-state index contributed by atoms with van der Waals surface area (Å²) in [5, 5.41) is 8.82. The third kappa shape index (κ3) is 4.97. The zero-order chi connectivity index (χ0) is 13.4. The van der Waals surface area contributed by atoms with Crippen LogP contribution in [0.1, 0.15) is 18.9 Å². The van der Waals surface area contributed by atoms with Crippen molar-refractivity contribution in [2.24, 2.45) is 5.92 Å². The number of benzene rings is 1. The van der Waals surface area contributed by atoms with E-state index in [4.69, 9.17) is 9.94 Å². The first-order valence-electron chi connectivity index (χ1n) is 5.80. The van der Waals surface area contributed by atoms with E-state index in [2.05, 4.69) is 5.48 Å². The zero-order valence-electron chi connectivity index (χ0n) is 10.3. The van der Waals surface area contributed by atoms with Crippen molar-refractivity contribution in [2.45, 2.75) is 19.8 Å². The van der Waals surface area contributed by atoms with Gasteiger partial charge in [-0.05, 0) is 18.9 Å². The second kappa shape index (κ2) is 7.45. The molecule has 18 heavy (non-hydrogen) atoms. The number of hydrogen-bond donors (Lipinski definition) is 2. The highest BCUT2D eigenvalue weighted by atomic mass is 16.6. The van der Waals surface area contributed by atoms with Crippen molar-refractivity contribution in [2.75, 3.05) is 6.61 Å². The van der Waals surface area contributed by atoms with Crippen molar-refractivity contribution in [3.63, 3.8) is 0 Å². The molecule has 5 nitrogen and oxygen atoms in total. The summed E-state index contributed by atoms with van der Waals surface area (Å²) in [6.45, 7) is 2.08. The Morgan fingerprint density at radius 1 is 1.33 bits per heavy atom. The lowest BCUT2D eigenvalue weighted by atomic mass is 9.95. The number of carboxylic acids is 1. The number of amides is 1. The van der Waals surface area contributed by atoms with Crippen LogP contribution in [0, 0.1) is 5.92 Å². The van der Waals surface area contributed by atoms with Crippen molar-refractivity contribution in [3.8, 4) is 0 Å². The van der Waals surface area contributed by atoms with Crippen LogP contribution in [0.2, 0.25) is 0 Å². The minimum absolute atomic E-state index is 0.214. The zero-order valence-corrected chi connectivity index (χ0v) is 10.3. The lowest BCUT2D eigenvalue weighted by molar-refractivity contribution is -0.145. The molecule has 1 unspecified atom stereocenters. The smallest absolute Gasteiger partial charge is 0.304 e. The molecule has 0 saturated heterocycles. The number of hydrogen-bond acceptors (Lipinski definition) is 3. The van der Waals surface area contributed by atoms with E-state index in [-0.39, 0.29) is 6.42 Å². The maximum Gasteiger partial charge on any atom is 0.304 e. The lowest BCUT2D eigenvalue weighted by Crippen LogP contribution is -2.33. The predicted octanol–water partition coefficient (Wildman–Crippen LogP) is 1.39. The summed E-state index contributed by atoms with van der Waals surface area (Å²) in [6, 6.07) is 9.31. The van der Waals surface area contributed by atoms with Gasteiger partial charge < -0.3 is 5.11 Å². The van der Waals surface area contributed by atoms with E-state index in [1.54, 1.807) is 6.92 Å². The van der Waals surface area contributed by atoms with Crippen LogP contribution >= 0.6 is 0 Å². The Hall–Kier alpha value is -1.88. The average Bonchev–Trinajstić information content (AvgIpc) is 2.36. The molecule has 1 rings (SSSR count). The van der Waals surface area contributed by atoms with Crippen molar-refractivity contribution in [1.82, 2.24) is 5.48 Å². The first-order chi connectivity index (χ1) is 8.63. The van der Waals surface area contributed by atoms with Crippen LogP contribution in [0.15, 0.2) is 30.3 Å². The maximum atomic E-state index is 11.7. The molecule has 1 aromatic carbocycles. The minimum atomic E-state index is -0.998. The third-order valence-electron chi connectivity index (χ3n) is 2.43. The summed E-state index contributed by atoms with van der Waals surface area (Å²) in [6.07, 6.45) is 0.167. The van der Waals surface area contributed by atoms with E-state index >= 15 is 0 Å². The van der Waals surface area contributed by atoms with Crippen LogP contribution in [0.4, 0.5) is 0 Å². The Labute approximate surface area is 106 Å². The molecule has 1 atom stereocenters. The topological polar surface area (TPSA) is 75.6 Å². The van der Waals surface area contributed by atoms with E-state index in [9.17, 15) is 9.59 Å². The number of carboxylic acid groups (broad SMARTS) is 1. The van der Waals surface area contributed by atoms with Gasteiger partial charge in [-0.15, -0.1) is 0 Å². The fourth-order valence-electron chi connectivity index (χ4n) is 1.59. The molecule has 0 saturated carbocycles. The van der Waals surface area contributed by atoms with Gasteiger partial charge in [0.1, 0.15) is 0 Å². The Balaban J connectivity index is 2.66. The Morgan fingerprint density at radius 3 is 2.56 bits per heavy atom. The highest BCUT2D eigenvalue weighted by Crippen LogP contribution is 2.12. The van der Waals surface area contributed by atoms with Crippen LogP contribution in [-0.2, 0) is 20.8 Å². The number of carbonyl (C=O) groups excluding carboxylic acids is 1. The van der Waals surface area contributed by atoms with Gasteiger partial charge in [0.05, 0.1) is 18.9 Å². The van der Waals surface area contributed by atoms with E-state index in [0.717, 1.165) is 5.56 Å². The fourth-order valence-corrected chi connectivity index (χ4v) is 1.59. The molecule has 0 heterocycles. The number of nitrogens with one attached hydrogen (secondary N) is 1. The molecular formula is C13H17NO4. The molecule has 0 fully saturated rings. The number of rotatable bonds is 7.